The molecular formula is C17H23N3O5. The van der Waals surface area contributed by atoms with Crippen molar-refractivity contribution in [1.29, 1.82) is 0 Å². The first-order chi connectivity index (χ1) is 12.2. The predicted octanol–water partition coefficient (Wildman–Crippen LogP) is 1.77. The highest BCUT2D eigenvalue weighted by atomic mass is 16.5. The zero-order valence-corrected chi connectivity index (χ0v) is 14.7. The smallest absolute Gasteiger partial charge is 0.234 e. The van der Waals surface area contributed by atoms with Crippen molar-refractivity contribution in [3.63, 3.8) is 0 Å². The number of nitrogens with two attached hydrogens (primary N) is 1. The Morgan fingerprint density at radius 3 is 2.24 bits per heavy atom. The fourth-order valence-corrected chi connectivity index (χ4v) is 3.03. The molecule has 0 bridgehead atoms. The molecule has 0 saturated carbocycles. The van der Waals surface area contributed by atoms with Crippen molar-refractivity contribution in [1.82, 2.24) is 10.1 Å². The van der Waals surface area contributed by atoms with Crippen molar-refractivity contribution >= 4 is 0 Å². The van der Waals surface area contributed by atoms with Crippen LogP contribution in [-0.4, -0.2) is 51.2 Å². The van der Waals surface area contributed by atoms with E-state index in [1.807, 2.05) is 0 Å². The minimum absolute atomic E-state index is 0.329. The van der Waals surface area contributed by atoms with Gasteiger partial charge in [0.05, 0.1) is 26.7 Å². The lowest BCUT2D eigenvalue weighted by atomic mass is 9.80. The van der Waals surface area contributed by atoms with Gasteiger partial charge in [-0.3, -0.25) is 0 Å². The highest BCUT2D eigenvalue weighted by Crippen LogP contribution is 2.41. The van der Waals surface area contributed by atoms with Crippen LogP contribution >= 0.6 is 0 Å². The third-order valence-corrected chi connectivity index (χ3v) is 4.64. The lowest BCUT2D eigenvalue weighted by Crippen LogP contribution is -2.40. The molecule has 1 aromatic heterocycles. The minimum Gasteiger partial charge on any atom is -0.493 e. The first-order valence-electron chi connectivity index (χ1n) is 8.10. The Kier molecular flexibility index (Phi) is 5.10. The number of nitrogens with zero attached hydrogens (tertiary/aromatic N) is 2. The van der Waals surface area contributed by atoms with Crippen LogP contribution in [0.5, 0.6) is 17.2 Å². The van der Waals surface area contributed by atoms with Crippen LogP contribution in [0.4, 0.5) is 0 Å². The van der Waals surface area contributed by atoms with Gasteiger partial charge in [0.2, 0.25) is 17.5 Å². The van der Waals surface area contributed by atoms with Gasteiger partial charge in [-0.1, -0.05) is 5.16 Å². The van der Waals surface area contributed by atoms with Crippen LogP contribution in [0.25, 0.3) is 11.4 Å². The fraction of sp³-hybridized carbons (Fsp3) is 0.529. The van der Waals surface area contributed by atoms with E-state index in [9.17, 15) is 0 Å². The zero-order valence-electron chi connectivity index (χ0n) is 14.7. The van der Waals surface area contributed by atoms with E-state index in [0.29, 0.717) is 54.3 Å². The van der Waals surface area contributed by atoms with Crippen LogP contribution in [-0.2, 0) is 10.2 Å². The Morgan fingerprint density at radius 1 is 1.08 bits per heavy atom. The molecular weight excluding hydrogens is 326 g/mol. The molecule has 0 amide bonds. The molecule has 3 rings (SSSR count). The van der Waals surface area contributed by atoms with Gasteiger partial charge >= 0.3 is 0 Å². The van der Waals surface area contributed by atoms with E-state index in [2.05, 4.69) is 10.1 Å². The summed E-state index contributed by atoms with van der Waals surface area (Å²) in [6, 6.07) is 3.57. The second-order valence-corrected chi connectivity index (χ2v) is 5.93. The van der Waals surface area contributed by atoms with Gasteiger partial charge in [0.15, 0.2) is 11.5 Å². The largest absolute Gasteiger partial charge is 0.493 e. The van der Waals surface area contributed by atoms with Gasteiger partial charge in [-0.25, -0.2) is 0 Å². The van der Waals surface area contributed by atoms with Gasteiger partial charge in [-0.15, -0.1) is 0 Å². The Bertz CT molecular complexity index is 700. The van der Waals surface area contributed by atoms with Crippen LogP contribution in [0.2, 0.25) is 0 Å². The lowest BCUT2D eigenvalue weighted by molar-refractivity contribution is 0.0409. The summed E-state index contributed by atoms with van der Waals surface area (Å²) < 4.78 is 27.1. The number of hydrogen-bond acceptors (Lipinski definition) is 8. The van der Waals surface area contributed by atoms with E-state index in [4.69, 9.17) is 29.2 Å². The van der Waals surface area contributed by atoms with Crippen molar-refractivity contribution in [2.45, 2.75) is 18.3 Å². The molecule has 136 valence electrons. The normalized spacial score (nSPS) is 16.5. The standard InChI is InChI=1S/C17H23N3O5/c1-21-12-8-11(9-13(22-2)14(12)23-3)15-19-16(25-20-15)17(10-18)4-6-24-7-5-17/h8-9H,4-7,10,18H2,1-3H3. The highest BCUT2D eigenvalue weighted by Gasteiger charge is 2.38. The van der Waals surface area contributed by atoms with Gasteiger partial charge in [0.1, 0.15) is 0 Å². The summed E-state index contributed by atoms with van der Waals surface area (Å²) in [5.74, 6) is 2.57. The van der Waals surface area contributed by atoms with E-state index in [0.717, 1.165) is 12.8 Å². The van der Waals surface area contributed by atoms with Gasteiger partial charge < -0.3 is 29.2 Å². The molecule has 1 aromatic carbocycles. The monoisotopic (exact) mass is 349 g/mol. The average molecular weight is 349 g/mol. The topological polar surface area (TPSA) is 102 Å². The zero-order chi connectivity index (χ0) is 17.9. The number of methoxy groups -OCH3 is 3. The van der Waals surface area contributed by atoms with Crippen molar-refractivity contribution in [3.05, 3.63) is 18.0 Å². The first kappa shape index (κ1) is 17.5. The number of ether oxygens (including phenoxy) is 4. The van der Waals surface area contributed by atoms with Crippen molar-refractivity contribution < 1.29 is 23.5 Å². The second-order valence-electron chi connectivity index (χ2n) is 5.93. The highest BCUT2D eigenvalue weighted by molar-refractivity contribution is 5.66. The second kappa shape index (κ2) is 7.28. The molecule has 8 heteroatoms. The van der Waals surface area contributed by atoms with Gasteiger partial charge in [0.25, 0.3) is 0 Å². The van der Waals surface area contributed by atoms with E-state index in [-0.39, 0.29) is 5.41 Å². The van der Waals surface area contributed by atoms with Crippen molar-refractivity contribution in [2.75, 3.05) is 41.1 Å². The van der Waals surface area contributed by atoms with Crippen molar-refractivity contribution in [3.8, 4) is 28.6 Å². The molecule has 0 aliphatic carbocycles. The molecule has 1 aliphatic rings. The molecule has 0 unspecified atom stereocenters. The molecule has 0 spiro atoms. The third-order valence-electron chi connectivity index (χ3n) is 4.64. The summed E-state index contributed by atoms with van der Waals surface area (Å²) in [5, 5.41) is 4.13. The molecule has 1 fully saturated rings. The predicted molar refractivity (Wildman–Crippen MR) is 90.2 cm³/mol. The molecule has 2 N–H and O–H groups in total. The molecule has 1 aliphatic heterocycles. The minimum atomic E-state index is -0.329. The maximum absolute atomic E-state index is 6.01. The molecule has 0 atom stereocenters. The number of rotatable bonds is 6. The van der Waals surface area contributed by atoms with E-state index in [1.165, 1.54) is 0 Å². The molecule has 1 saturated heterocycles. The Morgan fingerprint density at radius 2 is 1.72 bits per heavy atom. The molecule has 0 radical (unpaired) electrons. The van der Waals surface area contributed by atoms with Gasteiger partial charge in [-0.05, 0) is 25.0 Å². The average Bonchev–Trinajstić information content (AvgIpc) is 3.18. The van der Waals surface area contributed by atoms with Crippen LogP contribution in [0.15, 0.2) is 16.7 Å². The van der Waals surface area contributed by atoms with E-state index < -0.39 is 0 Å². The summed E-state index contributed by atoms with van der Waals surface area (Å²) >= 11 is 0. The van der Waals surface area contributed by atoms with E-state index >= 15 is 0 Å². The van der Waals surface area contributed by atoms with Crippen LogP contribution in [0.1, 0.15) is 18.7 Å². The maximum Gasteiger partial charge on any atom is 0.234 e. The van der Waals surface area contributed by atoms with E-state index in [1.54, 1.807) is 33.5 Å². The van der Waals surface area contributed by atoms with Gasteiger partial charge in [0, 0.05) is 25.3 Å². The Hall–Kier alpha value is -2.32. The first-order valence-corrected chi connectivity index (χ1v) is 8.10. The SMILES string of the molecule is COc1cc(-c2noc(C3(CN)CCOCC3)n2)cc(OC)c1OC. The summed E-state index contributed by atoms with van der Waals surface area (Å²) in [6.07, 6.45) is 1.53. The molecule has 25 heavy (non-hydrogen) atoms. The number of benzene rings is 1. The summed E-state index contributed by atoms with van der Waals surface area (Å²) in [5.41, 5.74) is 6.39. The number of hydrogen-bond donors (Lipinski definition) is 1. The Labute approximate surface area is 146 Å². The summed E-state index contributed by atoms with van der Waals surface area (Å²) in [4.78, 5) is 4.59. The summed E-state index contributed by atoms with van der Waals surface area (Å²) in [6.45, 7) is 1.71. The fourth-order valence-electron chi connectivity index (χ4n) is 3.03. The van der Waals surface area contributed by atoms with Gasteiger partial charge in [-0.2, -0.15) is 4.98 Å². The van der Waals surface area contributed by atoms with Crippen molar-refractivity contribution in [2.24, 2.45) is 5.73 Å². The molecule has 2 aromatic rings. The van der Waals surface area contributed by atoms with Crippen LogP contribution in [0.3, 0.4) is 0 Å². The molecule has 2 heterocycles. The Balaban J connectivity index is 1.99. The quantitative estimate of drug-likeness (QED) is 0.842. The summed E-state index contributed by atoms with van der Waals surface area (Å²) in [7, 11) is 4.69. The van der Waals surface area contributed by atoms with Crippen LogP contribution in [0, 0.1) is 0 Å². The molecule has 8 nitrogen and oxygen atoms in total. The lowest BCUT2D eigenvalue weighted by Gasteiger charge is -2.32. The third kappa shape index (κ3) is 3.14. The number of aromatic nitrogens is 2. The van der Waals surface area contributed by atoms with Crippen LogP contribution < -0.4 is 19.9 Å². The maximum atomic E-state index is 6.01.